The van der Waals surface area contributed by atoms with Crippen LogP contribution in [0.15, 0.2) is 42.6 Å². The first-order chi connectivity index (χ1) is 7.68. The van der Waals surface area contributed by atoms with Gasteiger partial charge in [0.05, 0.1) is 5.69 Å². The number of aliphatic hydroxyl groups is 1. The zero-order valence-corrected chi connectivity index (χ0v) is 8.27. The first-order valence-corrected chi connectivity index (χ1v) is 4.72. The number of halogens is 2. The second-order valence-corrected chi connectivity index (χ2v) is 3.32. The maximum absolute atomic E-state index is 13.4. The van der Waals surface area contributed by atoms with Gasteiger partial charge in [0.15, 0.2) is 0 Å². The van der Waals surface area contributed by atoms with Crippen molar-refractivity contribution < 1.29 is 13.9 Å². The molecule has 0 radical (unpaired) electrons. The molecular weight excluding hydrogens is 212 g/mol. The summed E-state index contributed by atoms with van der Waals surface area (Å²) >= 11 is 0. The number of aromatic nitrogens is 1. The number of benzene rings is 1. The average Bonchev–Trinajstić information content (AvgIpc) is 2.32. The van der Waals surface area contributed by atoms with Crippen LogP contribution in [0.1, 0.15) is 17.4 Å². The lowest BCUT2D eigenvalue weighted by atomic mass is 10.1. The normalized spacial score (nSPS) is 12.4. The molecule has 1 unspecified atom stereocenters. The summed E-state index contributed by atoms with van der Waals surface area (Å²) in [6, 6.07) is 7.85. The summed E-state index contributed by atoms with van der Waals surface area (Å²) in [6.07, 6.45) is 0.229. The number of hydrogen-bond donors (Lipinski definition) is 1. The molecule has 0 bridgehead atoms. The number of pyridine rings is 1. The highest BCUT2D eigenvalue weighted by atomic mass is 19.1. The molecule has 16 heavy (non-hydrogen) atoms. The van der Waals surface area contributed by atoms with E-state index in [1.165, 1.54) is 6.20 Å². The fraction of sp³-hybridized carbons (Fsp3) is 0.0833. The van der Waals surface area contributed by atoms with Crippen molar-refractivity contribution in [1.29, 1.82) is 0 Å². The standard InChI is InChI=1S/C12H9F2NO/c13-8-4-5-10(14)9(7-8)12(16)11-3-1-2-6-15-11/h1-7,12,16H. The second kappa shape index (κ2) is 4.37. The second-order valence-electron chi connectivity index (χ2n) is 3.32. The van der Waals surface area contributed by atoms with Gasteiger partial charge in [-0.2, -0.15) is 0 Å². The fourth-order valence-corrected chi connectivity index (χ4v) is 1.42. The van der Waals surface area contributed by atoms with Crippen LogP contribution < -0.4 is 0 Å². The Kier molecular flexibility index (Phi) is 2.92. The summed E-state index contributed by atoms with van der Waals surface area (Å²) in [5.41, 5.74) is 0.172. The van der Waals surface area contributed by atoms with E-state index in [1.54, 1.807) is 18.2 Å². The maximum Gasteiger partial charge on any atom is 0.129 e. The van der Waals surface area contributed by atoms with Gasteiger partial charge in [0, 0.05) is 11.8 Å². The van der Waals surface area contributed by atoms with Gasteiger partial charge >= 0.3 is 0 Å². The van der Waals surface area contributed by atoms with E-state index in [0.717, 1.165) is 18.2 Å². The third-order valence-corrected chi connectivity index (χ3v) is 2.22. The molecule has 1 atom stereocenters. The first kappa shape index (κ1) is 10.7. The highest BCUT2D eigenvalue weighted by molar-refractivity contribution is 5.27. The van der Waals surface area contributed by atoms with Crippen LogP contribution in [0.5, 0.6) is 0 Å². The third kappa shape index (κ3) is 2.06. The van der Waals surface area contributed by atoms with Crippen molar-refractivity contribution in [2.75, 3.05) is 0 Å². The molecule has 1 aromatic carbocycles. The van der Waals surface area contributed by atoms with Crippen molar-refractivity contribution in [2.45, 2.75) is 6.10 Å². The highest BCUT2D eigenvalue weighted by Gasteiger charge is 2.16. The van der Waals surface area contributed by atoms with Crippen LogP contribution >= 0.6 is 0 Å². The predicted octanol–water partition coefficient (Wildman–Crippen LogP) is 2.44. The molecule has 0 aliphatic heterocycles. The van der Waals surface area contributed by atoms with Gasteiger partial charge in [-0.3, -0.25) is 4.98 Å². The molecule has 0 amide bonds. The molecule has 0 saturated heterocycles. The van der Waals surface area contributed by atoms with E-state index in [1.807, 2.05) is 0 Å². The van der Waals surface area contributed by atoms with Crippen molar-refractivity contribution in [1.82, 2.24) is 4.98 Å². The Morgan fingerprint density at radius 1 is 1.12 bits per heavy atom. The molecule has 1 N–H and O–H groups in total. The average molecular weight is 221 g/mol. The van der Waals surface area contributed by atoms with Gasteiger partial charge in [0.25, 0.3) is 0 Å². The Morgan fingerprint density at radius 2 is 1.94 bits per heavy atom. The lowest BCUT2D eigenvalue weighted by Gasteiger charge is -2.11. The Bertz CT molecular complexity index is 488. The van der Waals surface area contributed by atoms with Crippen LogP contribution in [0.3, 0.4) is 0 Å². The fourth-order valence-electron chi connectivity index (χ4n) is 1.42. The molecule has 0 spiro atoms. The van der Waals surface area contributed by atoms with Crippen molar-refractivity contribution in [3.05, 3.63) is 65.5 Å². The van der Waals surface area contributed by atoms with E-state index in [2.05, 4.69) is 4.98 Å². The molecule has 0 aliphatic rings. The molecular formula is C12H9F2NO. The summed E-state index contributed by atoms with van der Waals surface area (Å²) in [5, 5.41) is 9.83. The molecule has 2 aromatic rings. The van der Waals surface area contributed by atoms with Gasteiger partial charge in [0.1, 0.15) is 17.7 Å². The van der Waals surface area contributed by atoms with Crippen LogP contribution in [-0.2, 0) is 0 Å². The Hall–Kier alpha value is -1.81. The molecule has 0 saturated carbocycles. The van der Waals surface area contributed by atoms with E-state index in [-0.39, 0.29) is 11.3 Å². The number of hydrogen-bond acceptors (Lipinski definition) is 2. The molecule has 2 nitrogen and oxygen atoms in total. The maximum atomic E-state index is 13.4. The Balaban J connectivity index is 2.41. The highest BCUT2D eigenvalue weighted by Crippen LogP contribution is 2.23. The zero-order chi connectivity index (χ0) is 11.5. The Morgan fingerprint density at radius 3 is 2.62 bits per heavy atom. The minimum absolute atomic E-state index is 0.112. The van der Waals surface area contributed by atoms with Crippen molar-refractivity contribution >= 4 is 0 Å². The molecule has 0 aliphatic carbocycles. The number of aliphatic hydroxyl groups excluding tert-OH is 1. The van der Waals surface area contributed by atoms with Crippen molar-refractivity contribution in [3.63, 3.8) is 0 Å². The number of rotatable bonds is 2. The van der Waals surface area contributed by atoms with Gasteiger partial charge < -0.3 is 5.11 Å². The summed E-state index contributed by atoms with van der Waals surface area (Å²) in [7, 11) is 0. The van der Waals surface area contributed by atoms with Crippen LogP contribution in [0.2, 0.25) is 0 Å². The quantitative estimate of drug-likeness (QED) is 0.844. The SMILES string of the molecule is OC(c1ccccn1)c1cc(F)ccc1F. The summed E-state index contributed by atoms with van der Waals surface area (Å²) in [5.74, 6) is -1.24. The lowest BCUT2D eigenvalue weighted by Crippen LogP contribution is -2.04. The van der Waals surface area contributed by atoms with Crippen LogP contribution in [-0.4, -0.2) is 10.1 Å². The smallest absolute Gasteiger partial charge is 0.129 e. The third-order valence-electron chi connectivity index (χ3n) is 2.22. The molecule has 4 heteroatoms. The first-order valence-electron chi connectivity index (χ1n) is 4.72. The van der Waals surface area contributed by atoms with E-state index in [9.17, 15) is 13.9 Å². The van der Waals surface area contributed by atoms with Crippen LogP contribution in [0.25, 0.3) is 0 Å². The van der Waals surface area contributed by atoms with Crippen LogP contribution in [0, 0.1) is 11.6 Å². The van der Waals surface area contributed by atoms with Crippen molar-refractivity contribution in [3.8, 4) is 0 Å². The molecule has 82 valence electrons. The summed E-state index contributed by atoms with van der Waals surface area (Å²) < 4.78 is 26.3. The van der Waals surface area contributed by atoms with Gasteiger partial charge in [-0.25, -0.2) is 8.78 Å². The monoisotopic (exact) mass is 221 g/mol. The zero-order valence-electron chi connectivity index (χ0n) is 8.27. The largest absolute Gasteiger partial charge is 0.382 e. The van der Waals surface area contributed by atoms with Gasteiger partial charge in [0.2, 0.25) is 0 Å². The van der Waals surface area contributed by atoms with E-state index in [4.69, 9.17) is 0 Å². The minimum atomic E-state index is -1.25. The Labute approximate surface area is 91.2 Å². The van der Waals surface area contributed by atoms with Gasteiger partial charge in [-0.1, -0.05) is 6.07 Å². The minimum Gasteiger partial charge on any atom is -0.382 e. The van der Waals surface area contributed by atoms with E-state index in [0.29, 0.717) is 0 Å². The van der Waals surface area contributed by atoms with Gasteiger partial charge in [-0.05, 0) is 30.3 Å². The topological polar surface area (TPSA) is 33.1 Å². The predicted molar refractivity (Wildman–Crippen MR) is 54.7 cm³/mol. The molecule has 1 heterocycles. The summed E-state index contributed by atoms with van der Waals surface area (Å²) in [6.45, 7) is 0. The van der Waals surface area contributed by atoms with Crippen molar-refractivity contribution in [2.24, 2.45) is 0 Å². The number of nitrogens with zero attached hydrogens (tertiary/aromatic N) is 1. The van der Waals surface area contributed by atoms with E-state index < -0.39 is 17.7 Å². The summed E-state index contributed by atoms with van der Waals surface area (Å²) in [4.78, 5) is 3.89. The lowest BCUT2D eigenvalue weighted by molar-refractivity contribution is 0.209. The molecule has 1 aromatic heterocycles. The van der Waals surface area contributed by atoms with Gasteiger partial charge in [-0.15, -0.1) is 0 Å². The molecule has 0 fully saturated rings. The molecule has 2 rings (SSSR count). The van der Waals surface area contributed by atoms with Crippen LogP contribution in [0.4, 0.5) is 8.78 Å². The van der Waals surface area contributed by atoms with E-state index >= 15 is 0 Å².